The molecule has 0 heterocycles. The fourth-order valence-corrected chi connectivity index (χ4v) is 0.286. The molecule has 0 amide bonds. The molecule has 56 valence electrons. The molecule has 0 aromatic rings. The maximum Gasteiger partial charge on any atom is 0.414 e. The van der Waals surface area contributed by atoms with Gasteiger partial charge in [-0.15, -0.1) is 0 Å². The normalized spacial score (nSPS) is 15.7. The minimum Gasteiger partial charge on any atom is -0.396 e. The Labute approximate surface area is 49.9 Å². The number of hydrogen-bond donors (Lipinski definition) is 2. The van der Waals surface area contributed by atoms with Gasteiger partial charge in [0.25, 0.3) is 0 Å². The van der Waals surface area contributed by atoms with Crippen molar-refractivity contribution < 1.29 is 23.4 Å². The predicted molar refractivity (Wildman–Crippen MR) is 23.8 cm³/mol. The second-order valence-electron chi connectivity index (χ2n) is 1.57. The van der Waals surface area contributed by atoms with Crippen LogP contribution in [0.25, 0.3) is 0 Å². The van der Waals surface area contributed by atoms with E-state index in [9.17, 15) is 13.2 Å². The highest BCUT2D eigenvalue weighted by molar-refractivity contribution is 4.63. The summed E-state index contributed by atoms with van der Waals surface area (Å²) in [7, 11) is 0. The molecular weight excluding hydrogens is 137 g/mol. The Kier molecular flexibility index (Phi) is 2.93. The van der Waals surface area contributed by atoms with Gasteiger partial charge in [-0.2, -0.15) is 13.2 Å². The van der Waals surface area contributed by atoms with Crippen LogP contribution in [0.2, 0.25) is 0 Å². The van der Waals surface area contributed by atoms with Crippen molar-refractivity contribution in [3.05, 3.63) is 0 Å². The summed E-state index contributed by atoms with van der Waals surface area (Å²) in [6.45, 7) is -0.652. The first kappa shape index (κ1) is 8.71. The lowest BCUT2D eigenvalue weighted by atomic mass is 10.2. The fourth-order valence-electron chi connectivity index (χ4n) is 0.286. The summed E-state index contributed by atoms with van der Waals surface area (Å²) in [6.07, 6.45) is -7.63. The highest BCUT2D eigenvalue weighted by Crippen LogP contribution is 2.21. The van der Waals surface area contributed by atoms with Crippen LogP contribution in [0, 0.1) is 0 Å². The molecule has 0 unspecified atom stereocenters. The molecule has 0 spiro atoms. The average Bonchev–Trinajstić information content (AvgIpc) is 1.64. The van der Waals surface area contributed by atoms with Crippen molar-refractivity contribution in [3.8, 4) is 0 Å². The van der Waals surface area contributed by atoms with Gasteiger partial charge >= 0.3 is 6.18 Å². The van der Waals surface area contributed by atoms with Crippen LogP contribution >= 0.6 is 0 Å². The van der Waals surface area contributed by atoms with Gasteiger partial charge in [0.1, 0.15) is 0 Å². The first-order chi connectivity index (χ1) is 3.98. The standard InChI is InChI=1S/C4H7F3O2/c5-4(6,7)3(9)1-2-8/h3,8-9H,1-2H2/t3-/m0/s1. The molecule has 9 heavy (non-hydrogen) atoms. The molecule has 2 nitrogen and oxygen atoms in total. The van der Waals surface area contributed by atoms with E-state index in [2.05, 4.69) is 0 Å². The number of aliphatic hydroxyl groups is 2. The van der Waals surface area contributed by atoms with Crippen LogP contribution in [0.4, 0.5) is 13.2 Å². The molecule has 0 saturated heterocycles. The van der Waals surface area contributed by atoms with Crippen molar-refractivity contribution in [1.82, 2.24) is 0 Å². The van der Waals surface area contributed by atoms with E-state index >= 15 is 0 Å². The Hall–Kier alpha value is -0.290. The molecular formula is C4H7F3O2. The Morgan fingerprint density at radius 1 is 1.33 bits per heavy atom. The molecule has 0 fully saturated rings. The lowest BCUT2D eigenvalue weighted by Crippen LogP contribution is -2.29. The molecule has 0 bridgehead atoms. The van der Waals surface area contributed by atoms with Gasteiger partial charge in [0.15, 0.2) is 6.10 Å². The molecule has 5 heteroatoms. The maximum atomic E-state index is 11.3. The third-order valence-corrected chi connectivity index (χ3v) is 0.780. The average molecular weight is 144 g/mol. The summed E-state index contributed by atoms with van der Waals surface area (Å²) in [5.41, 5.74) is 0. The molecule has 0 rings (SSSR count). The quantitative estimate of drug-likeness (QED) is 0.584. The first-order valence-corrected chi connectivity index (χ1v) is 2.34. The van der Waals surface area contributed by atoms with Crippen LogP contribution in [0.15, 0.2) is 0 Å². The summed E-state index contributed by atoms with van der Waals surface area (Å²) in [4.78, 5) is 0. The van der Waals surface area contributed by atoms with E-state index < -0.39 is 25.3 Å². The topological polar surface area (TPSA) is 40.5 Å². The van der Waals surface area contributed by atoms with Crippen LogP contribution in [-0.4, -0.2) is 29.1 Å². The molecule has 1 atom stereocenters. The summed E-state index contributed by atoms with van der Waals surface area (Å²) < 4.78 is 33.8. The zero-order chi connectivity index (χ0) is 7.49. The molecule has 0 radical (unpaired) electrons. The second kappa shape index (κ2) is 3.03. The SMILES string of the molecule is OCC[C@H](O)C(F)(F)F. The Bertz CT molecular complexity index is 80.4. The van der Waals surface area contributed by atoms with Crippen LogP contribution in [0.3, 0.4) is 0 Å². The lowest BCUT2D eigenvalue weighted by molar-refractivity contribution is -0.207. The van der Waals surface area contributed by atoms with Gasteiger partial charge < -0.3 is 10.2 Å². The van der Waals surface area contributed by atoms with E-state index in [4.69, 9.17) is 10.2 Å². The van der Waals surface area contributed by atoms with Gasteiger partial charge in [-0.05, 0) is 0 Å². The molecule has 0 aliphatic carbocycles. The maximum absolute atomic E-state index is 11.3. The number of aliphatic hydroxyl groups excluding tert-OH is 2. The Balaban J connectivity index is 3.59. The first-order valence-electron chi connectivity index (χ1n) is 2.34. The smallest absolute Gasteiger partial charge is 0.396 e. The van der Waals surface area contributed by atoms with Gasteiger partial charge in [-0.3, -0.25) is 0 Å². The lowest BCUT2D eigenvalue weighted by Gasteiger charge is -2.11. The largest absolute Gasteiger partial charge is 0.414 e. The zero-order valence-electron chi connectivity index (χ0n) is 4.52. The number of halogens is 3. The zero-order valence-corrected chi connectivity index (χ0v) is 4.52. The monoisotopic (exact) mass is 144 g/mol. The van der Waals surface area contributed by atoms with E-state index in [1.54, 1.807) is 0 Å². The van der Waals surface area contributed by atoms with Gasteiger partial charge in [-0.1, -0.05) is 0 Å². The molecule has 0 aromatic carbocycles. The van der Waals surface area contributed by atoms with Crippen LogP contribution < -0.4 is 0 Å². The Morgan fingerprint density at radius 3 is 1.89 bits per heavy atom. The van der Waals surface area contributed by atoms with Crippen molar-refractivity contribution in [2.75, 3.05) is 6.61 Å². The van der Waals surface area contributed by atoms with E-state index in [1.165, 1.54) is 0 Å². The van der Waals surface area contributed by atoms with E-state index in [1.807, 2.05) is 0 Å². The van der Waals surface area contributed by atoms with Gasteiger partial charge in [0, 0.05) is 13.0 Å². The molecule has 0 aliphatic rings. The van der Waals surface area contributed by atoms with E-state index in [-0.39, 0.29) is 0 Å². The highest BCUT2D eigenvalue weighted by Gasteiger charge is 2.37. The van der Waals surface area contributed by atoms with Crippen LogP contribution in [0.1, 0.15) is 6.42 Å². The summed E-state index contributed by atoms with van der Waals surface area (Å²) in [5, 5.41) is 16.0. The Morgan fingerprint density at radius 2 is 1.78 bits per heavy atom. The molecule has 2 N–H and O–H groups in total. The number of rotatable bonds is 2. The highest BCUT2D eigenvalue weighted by atomic mass is 19.4. The van der Waals surface area contributed by atoms with Gasteiger partial charge in [-0.25, -0.2) is 0 Å². The third kappa shape index (κ3) is 3.31. The van der Waals surface area contributed by atoms with Crippen molar-refractivity contribution in [2.24, 2.45) is 0 Å². The molecule has 0 aromatic heterocycles. The summed E-state index contributed by atoms with van der Waals surface area (Å²) in [5.74, 6) is 0. The molecule has 0 aliphatic heterocycles. The summed E-state index contributed by atoms with van der Waals surface area (Å²) >= 11 is 0. The van der Waals surface area contributed by atoms with Gasteiger partial charge in [0.05, 0.1) is 0 Å². The van der Waals surface area contributed by atoms with Crippen molar-refractivity contribution in [1.29, 1.82) is 0 Å². The fraction of sp³-hybridized carbons (Fsp3) is 1.00. The number of hydrogen-bond acceptors (Lipinski definition) is 2. The van der Waals surface area contributed by atoms with Crippen molar-refractivity contribution in [3.63, 3.8) is 0 Å². The van der Waals surface area contributed by atoms with E-state index in [0.717, 1.165) is 0 Å². The van der Waals surface area contributed by atoms with Gasteiger partial charge in [0.2, 0.25) is 0 Å². The minimum absolute atomic E-state index is 0.649. The van der Waals surface area contributed by atoms with E-state index in [0.29, 0.717) is 0 Å². The van der Waals surface area contributed by atoms with Crippen molar-refractivity contribution >= 4 is 0 Å². The van der Waals surface area contributed by atoms with Crippen molar-refractivity contribution in [2.45, 2.75) is 18.7 Å². The van der Waals surface area contributed by atoms with Crippen LogP contribution in [-0.2, 0) is 0 Å². The number of alkyl halides is 3. The van der Waals surface area contributed by atoms with Crippen LogP contribution in [0.5, 0.6) is 0 Å². The minimum atomic E-state index is -4.59. The molecule has 0 saturated carbocycles. The third-order valence-electron chi connectivity index (χ3n) is 0.780. The summed E-state index contributed by atoms with van der Waals surface area (Å²) in [6, 6.07) is 0. The predicted octanol–water partition coefficient (Wildman–Crippen LogP) is 0.292. The second-order valence-corrected chi connectivity index (χ2v) is 1.57.